The zero-order valence-corrected chi connectivity index (χ0v) is 18.6. The summed E-state index contributed by atoms with van der Waals surface area (Å²) in [5.41, 5.74) is 0.948. The Morgan fingerprint density at radius 1 is 1.10 bits per heavy atom. The molecule has 30 heavy (non-hydrogen) atoms. The molecule has 3 aromatic rings. The monoisotopic (exact) mass is 425 g/mol. The Kier molecular flexibility index (Phi) is 7.21. The van der Waals surface area contributed by atoms with Gasteiger partial charge in [-0.3, -0.25) is 0 Å². The van der Waals surface area contributed by atoms with Crippen molar-refractivity contribution in [3.63, 3.8) is 0 Å². The van der Waals surface area contributed by atoms with Gasteiger partial charge in [-0.15, -0.1) is 11.8 Å². The Balaban J connectivity index is 1.54. The molecule has 0 atom stereocenters. The summed E-state index contributed by atoms with van der Waals surface area (Å²) in [6.45, 7) is 7.48. The minimum atomic E-state index is -1.02. The number of esters is 1. The van der Waals surface area contributed by atoms with Gasteiger partial charge in [0.1, 0.15) is 11.5 Å². The van der Waals surface area contributed by atoms with Crippen molar-refractivity contribution in [3.05, 3.63) is 66.1 Å². The van der Waals surface area contributed by atoms with E-state index in [0.29, 0.717) is 18.2 Å². The molecule has 0 unspecified atom stereocenters. The fourth-order valence-electron chi connectivity index (χ4n) is 2.87. The van der Waals surface area contributed by atoms with E-state index >= 15 is 0 Å². The van der Waals surface area contributed by atoms with E-state index in [0.717, 1.165) is 34.1 Å². The molecule has 0 aliphatic rings. The topological polar surface area (TPSA) is 61.6 Å². The van der Waals surface area contributed by atoms with Gasteiger partial charge in [0.25, 0.3) is 0 Å². The second kappa shape index (κ2) is 9.85. The van der Waals surface area contributed by atoms with Gasteiger partial charge in [0.15, 0.2) is 5.60 Å². The van der Waals surface area contributed by atoms with E-state index in [1.807, 2.05) is 61.5 Å². The third-order valence-electron chi connectivity index (χ3n) is 4.48. The fourth-order valence-corrected chi connectivity index (χ4v) is 3.73. The number of thioether (sulfide) groups is 1. The SMILES string of the molecule is CCOC(=O)C(C)(C)Oc1ccc(SCCc2nc(-c3ccccc3)oc2C)cc1. The first-order chi connectivity index (χ1) is 14.4. The molecule has 0 N–H and O–H groups in total. The van der Waals surface area contributed by atoms with Crippen molar-refractivity contribution in [3.8, 4) is 17.2 Å². The van der Waals surface area contributed by atoms with Gasteiger partial charge in [0.05, 0.1) is 12.3 Å². The first-order valence-electron chi connectivity index (χ1n) is 10.00. The number of aryl methyl sites for hydroxylation is 2. The predicted octanol–water partition coefficient (Wildman–Crippen LogP) is 5.71. The van der Waals surface area contributed by atoms with Crippen LogP contribution in [0.4, 0.5) is 0 Å². The van der Waals surface area contributed by atoms with E-state index in [2.05, 4.69) is 4.98 Å². The van der Waals surface area contributed by atoms with Crippen molar-refractivity contribution in [2.24, 2.45) is 0 Å². The highest BCUT2D eigenvalue weighted by Gasteiger charge is 2.31. The van der Waals surface area contributed by atoms with Crippen LogP contribution in [0.1, 0.15) is 32.2 Å². The normalized spacial score (nSPS) is 11.3. The van der Waals surface area contributed by atoms with Gasteiger partial charge in [0, 0.05) is 22.6 Å². The first kappa shape index (κ1) is 22.0. The highest BCUT2D eigenvalue weighted by Crippen LogP contribution is 2.27. The lowest BCUT2D eigenvalue weighted by Crippen LogP contribution is -2.39. The minimum Gasteiger partial charge on any atom is -0.476 e. The lowest BCUT2D eigenvalue weighted by Gasteiger charge is -2.24. The molecule has 6 heteroatoms. The lowest BCUT2D eigenvalue weighted by atomic mass is 10.1. The van der Waals surface area contributed by atoms with Crippen LogP contribution in [0.25, 0.3) is 11.5 Å². The lowest BCUT2D eigenvalue weighted by molar-refractivity contribution is -0.158. The minimum absolute atomic E-state index is 0.332. The van der Waals surface area contributed by atoms with Gasteiger partial charge in [-0.05, 0) is 64.1 Å². The van der Waals surface area contributed by atoms with Crippen LogP contribution < -0.4 is 4.74 Å². The second-order valence-electron chi connectivity index (χ2n) is 7.29. The number of rotatable bonds is 9. The van der Waals surface area contributed by atoms with Gasteiger partial charge >= 0.3 is 5.97 Å². The number of aromatic nitrogens is 1. The summed E-state index contributed by atoms with van der Waals surface area (Å²) in [6, 6.07) is 17.7. The quantitative estimate of drug-likeness (QED) is 0.323. The van der Waals surface area contributed by atoms with Gasteiger partial charge in [-0.2, -0.15) is 0 Å². The predicted molar refractivity (Wildman–Crippen MR) is 119 cm³/mol. The molecule has 5 nitrogen and oxygen atoms in total. The molecule has 1 aromatic heterocycles. The van der Waals surface area contributed by atoms with E-state index in [4.69, 9.17) is 13.9 Å². The number of carbonyl (C=O) groups excluding carboxylic acids is 1. The first-order valence-corrected chi connectivity index (χ1v) is 11.0. The van der Waals surface area contributed by atoms with Crippen molar-refractivity contribution in [1.82, 2.24) is 4.98 Å². The van der Waals surface area contributed by atoms with Crippen LogP contribution in [0, 0.1) is 6.92 Å². The number of hydrogen-bond donors (Lipinski definition) is 0. The van der Waals surface area contributed by atoms with Crippen LogP contribution in [-0.2, 0) is 16.0 Å². The van der Waals surface area contributed by atoms with Crippen LogP contribution in [0.3, 0.4) is 0 Å². The van der Waals surface area contributed by atoms with Crippen LogP contribution in [0.2, 0.25) is 0 Å². The number of hydrogen-bond acceptors (Lipinski definition) is 6. The molecule has 1 heterocycles. The summed E-state index contributed by atoms with van der Waals surface area (Å²) in [6.07, 6.45) is 0.820. The average molecular weight is 426 g/mol. The fraction of sp³-hybridized carbons (Fsp3) is 0.333. The molecule has 0 radical (unpaired) electrons. The molecule has 0 fully saturated rings. The molecule has 0 bridgehead atoms. The van der Waals surface area contributed by atoms with Gasteiger partial charge in [-0.1, -0.05) is 18.2 Å². The van der Waals surface area contributed by atoms with E-state index in [9.17, 15) is 4.79 Å². The van der Waals surface area contributed by atoms with Crippen LogP contribution in [0.15, 0.2) is 63.9 Å². The molecule has 0 aliphatic carbocycles. The Bertz CT molecular complexity index is 965. The average Bonchev–Trinajstić information content (AvgIpc) is 3.10. The maximum Gasteiger partial charge on any atom is 0.349 e. The maximum atomic E-state index is 12.0. The summed E-state index contributed by atoms with van der Waals surface area (Å²) in [7, 11) is 0. The zero-order chi connectivity index (χ0) is 21.6. The van der Waals surface area contributed by atoms with Gasteiger partial charge < -0.3 is 13.9 Å². The molecular weight excluding hydrogens is 398 g/mol. The van der Waals surface area contributed by atoms with E-state index in [-0.39, 0.29) is 5.97 Å². The highest BCUT2D eigenvalue weighted by molar-refractivity contribution is 7.99. The third-order valence-corrected chi connectivity index (χ3v) is 5.50. The van der Waals surface area contributed by atoms with Gasteiger partial charge in [-0.25, -0.2) is 9.78 Å². The summed E-state index contributed by atoms with van der Waals surface area (Å²) < 4.78 is 16.7. The number of nitrogens with zero attached hydrogens (tertiary/aromatic N) is 1. The molecule has 2 aromatic carbocycles. The number of oxazole rings is 1. The summed E-state index contributed by atoms with van der Waals surface area (Å²) in [5.74, 6) is 2.67. The van der Waals surface area contributed by atoms with Crippen molar-refractivity contribution in [2.45, 2.75) is 44.6 Å². The molecule has 3 rings (SSSR count). The summed E-state index contributed by atoms with van der Waals surface area (Å²) in [5, 5.41) is 0. The highest BCUT2D eigenvalue weighted by atomic mass is 32.2. The molecular formula is C24H27NO4S. The van der Waals surface area contributed by atoms with E-state index < -0.39 is 5.60 Å². The molecule has 0 saturated carbocycles. The van der Waals surface area contributed by atoms with Gasteiger partial charge in [0.2, 0.25) is 5.89 Å². The third kappa shape index (κ3) is 5.66. The van der Waals surface area contributed by atoms with Crippen molar-refractivity contribution in [1.29, 1.82) is 0 Å². The summed E-state index contributed by atoms with van der Waals surface area (Å²) >= 11 is 1.74. The molecule has 0 saturated heterocycles. The van der Waals surface area contributed by atoms with Crippen LogP contribution in [-0.4, -0.2) is 28.9 Å². The van der Waals surface area contributed by atoms with E-state index in [1.165, 1.54) is 0 Å². The van der Waals surface area contributed by atoms with Crippen LogP contribution in [0.5, 0.6) is 5.75 Å². The Morgan fingerprint density at radius 2 is 1.80 bits per heavy atom. The maximum absolute atomic E-state index is 12.0. The molecule has 0 aliphatic heterocycles. The smallest absolute Gasteiger partial charge is 0.349 e. The molecule has 0 amide bonds. The number of ether oxygens (including phenoxy) is 2. The number of benzene rings is 2. The Hall–Kier alpha value is -2.73. The van der Waals surface area contributed by atoms with E-state index in [1.54, 1.807) is 32.5 Å². The van der Waals surface area contributed by atoms with Crippen molar-refractivity contribution >= 4 is 17.7 Å². The second-order valence-corrected chi connectivity index (χ2v) is 8.46. The van der Waals surface area contributed by atoms with Crippen molar-refractivity contribution in [2.75, 3.05) is 12.4 Å². The Labute approximate surface area is 181 Å². The molecule has 0 spiro atoms. The summed E-state index contributed by atoms with van der Waals surface area (Å²) in [4.78, 5) is 17.7. The standard InChI is InChI=1S/C24H27NO4S/c1-5-27-23(26)24(3,4)29-19-11-13-20(14-12-19)30-16-15-21-17(2)28-22(25-21)18-9-7-6-8-10-18/h6-14H,5,15-16H2,1-4H3. The van der Waals surface area contributed by atoms with Crippen LogP contribution >= 0.6 is 11.8 Å². The van der Waals surface area contributed by atoms with Crippen molar-refractivity contribution < 1.29 is 18.7 Å². The number of carbonyl (C=O) groups is 1. The Morgan fingerprint density at radius 3 is 2.47 bits per heavy atom. The zero-order valence-electron chi connectivity index (χ0n) is 17.8. The molecule has 158 valence electrons. The largest absolute Gasteiger partial charge is 0.476 e.